The molecule has 17 heavy (non-hydrogen) atoms. The van der Waals surface area contributed by atoms with Gasteiger partial charge in [-0.25, -0.2) is 9.40 Å². The maximum atomic E-state index is 13.3. The van der Waals surface area contributed by atoms with E-state index >= 15 is 0 Å². The second-order valence-corrected chi connectivity index (χ2v) is 4.81. The molecule has 1 aromatic carbocycles. The van der Waals surface area contributed by atoms with Gasteiger partial charge >= 0.3 is 0 Å². The van der Waals surface area contributed by atoms with E-state index in [2.05, 4.69) is 5.43 Å². The second kappa shape index (κ2) is 4.80. The average Bonchev–Trinajstić information content (AvgIpc) is 2.61. The molecule has 7 heteroatoms. The van der Waals surface area contributed by atoms with Gasteiger partial charge in [-0.1, -0.05) is 36.1 Å². The van der Waals surface area contributed by atoms with Crippen molar-refractivity contribution in [1.82, 2.24) is 10.4 Å². The molecule has 1 saturated heterocycles. The van der Waals surface area contributed by atoms with Crippen LogP contribution >= 0.6 is 24.0 Å². The van der Waals surface area contributed by atoms with E-state index < -0.39 is 11.7 Å². The molecule has 1 fully saturated rings. The number of thiocarbonyl (C=S) groups is 1. The third-order valence-corrected chi connectivity index (χ3v) is 3.44. The number of benzene rings is 1. The van der Waals surface area contributed by atoms with E-state index in [4.69, 9.17) is 12.2 Å². The zero-order valence-corrected chi connectivity index (χ0v) is 10.1. The van der Waals surface area contributed by atoms with Gasteiger partial charge < -0.3 is 0 Å². The lowest BCUT2D eigenvalue weighted by Gasteiger charge is -2.15. The molecule has 1 aliphatic rings. The molecule has 1 aromatic rings. The van der Waals surface area contributed by atoms with E-state index in [1.165, 1.54) is 24.3 Å². The Bertz CT molecular complexity index is 491. The third kappa shape index (κ3) is 2.45. The Morgan fingerprint density at radius 3 is 2.76 bits per heavy atom. The smallest absolute Gasteiger partial charge is 0.272 e. The number of carbonyl (C=O) groups is 2. The lowest BCUT2D eigenvalue weighted by molar-refractivity contribution is -0.125. The van der Waals surface area contributed by atoms with Gasteiger partial charge in [-0.3, -0.25) is 15.0 Å². The molecular formula is C10H7FN2O2S2. The van der Waals surface area contributed by atoms with Gasteiger partial charge in [0, 0.05) is 0 Å². The first-order chi connectivity index (χ1) is 8.09. The highest BCUT2D eigenvalue weighted by Gasteiger charge is 2.29. The number of carbonyl (C=O) groups excluding carboxylic acids is 2. The number of hydrogen-bond acceptors (Lipinski definition) is 4. The summed E-state index contributed by atoms with van der Waals surface area (Å²) in [5.74, 6) is -1.46. The highest BCUT2D eigenvalue weighted by molar-refractivity contribution is 8.23. The number of nitrogens with zero attached hydrogens (tertiary/aromatic N) is 1. The van der Waals surface area contributed by atoms with Crippen molar-refractivity contribution >= 4 is 40.1 Å². The van der Waals surface area contributed by atoms with Gasteiger partial charge in [0.1, 0.15) is 5.82 Å². The number of hydrogen-bond donors (Lipinski definition) is 1. The lowest BCUT2D eigenvalue weighted by atomic mass is 10.2. The van der Waals surface area contributed by atoms with Crippen LogP contribution in [0.3, 0.4) is 0 Å². The van der Waals surface area contributed by atoms with Gasteiger partial charge in [0.2, 0.25) is 0 Å². The van der Waals surface area contributed by atoms with E-state index in [1.807, 2.05) is 0 Å². The molecule has 0 radical (unpaired) electrons. The summed E-state index contributed by atoms with van der Waals surface area (Å²) >= 11 is 6.03. The van der Waals surface area contributed by atoms with Crippen LogP contribution in [0.15, 0.2) is 24.3 Å². The van der Waals surface area contributed by atoms with Crippen LogP contribution in [0.4, 0.5) is 4.39 Å². The van der Waals surface area contributed by atoms with Gasteiger partial charge in [0.25, 0.3) is 11.8 Å². The summed E-state index contributed by atoms with van der Waals surface area (Å²) in [6, 6.07) is 5.53. The first kappa shape index (κ1) is 12.0. The van der Waals surface area contributed by atoms with Gasteiger partial charge in [0.05, 0.1) is 11.3 Å². The Morgan fingerprint density at radius 1 is 1.47 bits per heavy atom. The van der Waals surface area contributed by atoms with Crippen LogP contribution in [-0.4, -0.2) is 26.9 Å². The number of nitrogens with one attached hydrogen (secondary N) is 1. The van der Waals surface area contributed by atoms with Gasteiger partial charge in [0.15, 0.2) is 4.32 Å². The topological polar surface area (TPSA) is 49.4 Å². The number of amides is 2. The molecule has 4 nitrogen and oxygen atoms in total. The highest BCUT2D eigenvalue weighted by atomic mass is 32.2. The van der Waals surface area contributed by atoms with Crippen LogP contribution in [0.2, 0.25) is 0 Å². The fourth-order valence-electron chi connectivity index (χ4n) is 1.27. The lowest BCUT2D eigenvalue weighted by Crippen LogP contribution is -2.45. The van der Waals surface area contributed by atoms with Crippen molar-refractivity contribution < 1.29 is 14.0 Å². The van der Waals surface area contributed by atoms with Crippen molar-refractivity contribution in [2.75, 3.05) is 5.75 Å². The van der Waals surface area contributed by atoms with Crippen LogP contribution in [0.5, 0.6) is 0 Å². The molecule has 1 heterocycles. The molecule has 0 bridgehead atoms. The molecule has 2 amide bonds. The zero-order chi connectivity index (χ0) is 12.4. The van der Waals surface area contributed by atoms with Crippen LogP contribution in [-0.2, 0) is 4.79 Å². The largest absolute Gasteiger partial charge is 0.273 e. The fraction of sp³-hybridized carbons (Fsp3) is 0.100. The van der Waals surface area contributed by atoms with E-state index in [1.54, 1.807) is 0 Å². The summed E-state index contributed by atoms with van der Waals surface area (Å²) in [6.07, 6.45) is 0. The minimum atomic E-state index is -0.693. The highest BCUT2D eigenvalue weighted by Crippen LogP contribution is 2.17. The molecule has 2 rings (SSSR count). The first-order valence-corrected chi connectivity index (χ1v) is 6.04. The van der Waals surface area contributed by atoms with Crippen LogP contribution < -0.4 is 5.43 Å². The third-order valence-electron chi connectivity index (χ3n) is 2.08. The Balaban J connectivity index is 2.15. The van der Waals surface area contributed by atoms with E-state index in [0.717, 1.165) is 16.8 Å². The second-order valence-electron chi connectivity index (χ2n) is 3.20. The Morgan fingerprint density at radius 2 is 2.18 bits per heavy atom. The van der Waals surface area contributed by atoms with E-state index in [9.17, 15) is 14.0 Å². The maximum Gasteiger partial charge on any atom is 0.273 e. The van der Waals surface area contributed by atoms with Crippen LogP contribution in [0.25, 0.3) is 0 Å². The molecule has 0 atom stereocenters. The Labute approximate surface area is 106 Å². The summed E-state index contributed by atoms with van der Waals surface area (Å²) in [5.41, 5.74) is 2.15. The predicted molar refractivity (Wildman–Crippen MR) is 65.8 cm³/mol. The molecule has 1 aliphatic heterocycles. The monoisotopic (exact) mass is 270 g/mol. The van der Waals surface area contributed by atoms with Crippen LogP contribution in [0, 0.1) is 5.82 Å². The Hall–Kier alpha value is -1.47. The van der Waals surface area contributed by atoms with Crippen molar-refractivity contribution in [3.05, 3.63) is 35.6 Å². The van der Waals surface area contributed by atoms with Gasteiger partial charge in [-0.15, -0.1) is 0 Å². The van der Waals surface area contributed by atoms with Gasteiger partial charge in [-0.2, -0.15) is 0 Å². The fourth-order valence-corrected chi connectivity index (χ4v) is 2.25. The maximum absolute atomic E-state index is 13.3. The van der Waals surface area contributed by atoms with E-state index in [0.29, 0.717) is 0 Å². The molecule has 0 spiro atoms. The van der Waals surface area contributed by atoms with Crippen molar-refractivity contribution in [3.8, 4) is 0 Å². The van der Waals surface area contributed by atoms with E-state index in [-0.39, 0.29) is 21.5 Å². The molecule has 88 valence electrons. The summed E-state index contributed by atoms with van der Waals surface area (Å²) in [4.78, 5) is 23.0. The minimum absolute atomic E-state index is 0.125. The van der Waals surface area contributed by atoms with Crippen molar-refractivity contribution in [3.63, 3.8) is 0 Å². The average molecular weight is 270 g/mol. The molecule has 0 unspecified atom stereocenters. The van der Waals surface area contributed by atoms with Crippen LogP contribution in [0.1, 0.15) is 10.4 Å². The SMILES string of the molecule is O=C(NN1C(=O)CSC1=S)c1ccccc1F. The van der Waals surface area contributed by atoms with Crippen molar-refractivity contribution in [2.45, 2.75) is 0 Å². The summed E-state index contributed by atoms with van der Waals surface area (Å²) in [7, 11) is 0. The molecule has 1 N–H and O–H groups in total. The zero-order valence-electron chi connectivity index (χ0n) is 8.47. The quantitative estimate of drug-likeness (QED) is 0.824. The number of rotatable bonds is 2. The van der Waals surface area contributed by atoms with Gasteiger partial charge in [-0.05, 0) is 12.1 Å². The predicted octanol–water partition coefficient (Wildman–Crippen LogP) is 1.33. The molecule has 0 aromatic heterocycles. The van der Waals surface area contributed by atoms with Crippen molar-refractivity contribution in [1.29, 1.82) is 0 Å². The number of halogens is 1. The molecule has 0 saturated carbocycles. The summed E-state index contributed by atoms with van der Waals surface area (Å²) in [5, 5.41) is 0.967. The van der Waals surface area contributed by atoms with Crippen molar-refractivity contribution in [2.24, 2.45) is 0 Å². The Kier molecular flexibility index (Phi) is 3.39. The standard InChI is InChI=1S/C10H7FN2O2S2/c11-7-4-2-1-3-6(7)9(15)12-13-8(14)5-17-10(13)16/h1-4H,5H2,(H,12,15). The molecular weight excluding hydrogens is 263 g/mol. The summed E-state index contributed by atoms with van der Waals surface area (Å²) < 4.78 is 13.6. The minimum Gasteiger partial charge on any atom is -0.272 e. The number of thioether (sulfide) groups is 1. The normalized spacial score (nSPS) is 15.2. The summed E-state index contributed by atoms with van der Waals surface area (Å²) in [6.45, 7) is 0. The molecule has 0 aliphatic carbocycles. The number of hydrazine groups is 1. The first-order valence-electron chi connectivity index (χ1n) is 4.65.